The number of hydrogen-bond donors (Lipinski definition) is 0. The Bertz CT molecular complexity index is 332. The van der Waals surface area contributed by atoms with Gasteiger partial charge in [-0.25, -0.2) is 0 Å². The molecule has 1 nitrogen and oxygen atoms in total. The Morgan fingerprint density at radius 2 is 1.63 bits per heavy atom. The van der Waals surface area contributed by atoms with Gasteiger partial charge in [-0.1, -0.05) is 52.1 Å². The van der Waals surface area contributed by atoms with Gasteiger partial charge in [0.05, 0.1) is 7.85 Å². The monoisotopic (exact) mass is 257 g/mol. The van der Waals surface area contributed by atoms with Crippen LogP contribution >= 0.6 is 0 Å². The second kappa shape index (κ2) is 9.06. The minimum absolute atomic E-state index is 0.607. The van der Waals surface area contributed by atoms with Gasteiger partial charge in [0.1, 0.15) is 0 Å². The summed E-state index contributed by atoms with van der Waals surface area (Å²) < 4.78 is 0. The third-order valence-electron chi connectivity index (χ3n) is 3.59. The zero-order valence-corrected chi connectivity index (χ0v) is 12.9. The normalized spacial score (nSPS) is 10.9. The van der Waals surface area contributed by atoms with E-state index in [1.165, 1.54) is 30.5 Å². The number of rotatable bonds is 9. The predicted molar refractivity (Wildman–Crippen MR) is 87.4 cm³/mol. The van der Waals surface area contributed by atoms with Crippen LogP contribution in [0.2, 0.25) is 6.32 Å². The van der Waals surface area contributed by atoms with E-state index in [2.05, 4.69) is 49.9 Å². The Kier molecular flexibility index (Phi) is 7.70. The maximum Gasteiger partial charge on any atom is 0.0653 e. The lowest BCUT2D eigenvalue weighted by molar-refractivity contribution is 0.677. The molecule has 0 saturated carbocycles. The molecule has 0 aliphatic rings. The van der Waals surface area contributed by atoms with E-state index in [0.717, 1.165) is 25.8 Å². The van der Waals surface area contributed by atoms with Crippen molar-refractivity contribution in [3.8, 4) is 0 Å². The lowest BCUT2D eigenvalue weighted by Crippen LogP contribution is -2.25. The summed E-state index contributed by atoms with van der Waals surface area (Å²) in [4.78, 5) is 2.50. The van der Waals surface area contributed by atoms with Gasteiger partial charge in [-0.2, -0.15) is 0 Å². The second-order valence-corrected chi connectivity index (χ2v) is 5.58. The van der Waals surface area contributed by atoms with Crippen LogP contribution in [0.15, 0.2) is 24.3 Å². The number of anilines is 1. The number of unbranched alkanes of at least 4 members (excludes halogenated alkanes) is 2. The van der Waals surface area contributed by atoms with E-state index in [1.54, 1.807) is 0 Å². The van der Waals surface area contributed by atoms with E-state index < -0.39 is 0 Å². The largest absolute Gasteiger partial charge is 0.372 e. The Balaban J connectivity index is 2.66. The molecule has 0 aromatic heterocycles. The van der Waals surface area contributed by atoms with Crippen LogP contribution in [0.1, 0.15) is 57.9 Å². The molecule has 2 radical (unpaired) electrons. The van der Waals surface area contributed by atoms with Crippen molar-refractivity contribution >= 4 is 13.5 Å². The molecule has 2 heteroatoms. The van der Waals surface area contributed by atoms with Gasteiger partial charge in [0.15, 0.2) is 0 Å². The van der Waals surface area contributed by atoms with Crippen LogP contribution in [0, 0.1) is 0 Å². The molecule has 0 bridgehead atoms. The molecule has 104 valence electrons. The van der Waals surface area contributed by atoms with Crippen molar-refractivity contribution in [1.82, 2.24) is 0 Å². The molecule has 0 amide bonds. The molecule has 0 atom stereocenters. The maximum absolute atomic E-state index is 5.59. The van der Waals surface area contributed by atoms with Gasteiger partial charge >= 0.3 is 0 Å². The average Bonchev–Trinajstić information content (AvgIpc) is 2.43. The molecule has 1 aromatic carbocycles. The topological polar surface area (TPSA) is 3.24 Å². The summed E-state index contributed by atoms with van der Waals surface area (Å²) in [5.74, 6) is 0.607. The average molecular weight is 257 g/mol. The Hall–Kier alpha value is -0.915. The van der Waals surface area contributed by atoms with E-state index in [-0.39, 0.29) is 0 Å². The lowest BCUT2D eigenvalue weighted by atomic mass is 10.00. The molecule has 0 unspecified atom stereocenters. The van der Waals surface area contributed by atoms with Crippen molar-refractivity contribution in [2.75, 3.05) is 18.0 Å². The maximum atomic E-state index is 5.59. The lowest BCUT2D eigenvalue weighted by Gasteiger charge is -2.25. The summed E-state index contributed by atoms with van der Waals surface area (Å²) in [6, 6.07) is 9.07. The molecular weight excluding hydrogens is 229 g/mol. The van der Waals surface area contributed by atoms with Crippen LogP contribution < -0.4 is 4.90 Å². The van der Waals surface area contributed by atoms with Crippen LogP contribution in [0.3, 0.4) is 0 Å². The Morgan fingerprint density at radius 1 is 1.00 bits per heavy atom. The van der Waals surface area contributed by atoms with Crippen LogP contribution in [0.25, 0.3) is 0 Å². The van der Waals surface area contributed by atoms with Crippen LogP contribution in [0.5, 0.6) is 0 Å². The molecule has 0 saturated heterocycles. The fraction of sp³-hybridized carbons (Fsp3) is 0.647. The quantitative estimate of drug-likeness (QED) is 0.454. The van der Waals surface area contributed by atoms with Crippen LogP contribution in [-0.4, -0.2) is 20.9 Å². The highest BCUT2D eigenvalue weighted by Gasteiger charge is 2.06. The molecular formula is C17H28BN. The number of benzene rings is 1. The summed E-state index contributed by atoms with van der Waals surface area (Å²) in [5.41, 5.74) is 2.77. The van der Waals surface area contributed by atoms with E-state index in [1.807, 2.05) is 0 Å². The van der Waals surface area contributed by atoms with Gasteiger partial charge in [0.25, 0.3) is 0 Å². The highest BCUT2D eigenvalue weighted by Crippen LogP contribution is 2.21. The highest BCUT2D eigenvalue weighted by atomic mass is 15.1. The van der Waals surface area contributed by atoms with Gasteiger partial charge in [-0.15, -0.1) is 0 Å². The van der Waals surface area contributed by atoms with Crippen molar-refractivity contribution < 1.29 is 0 Å². The first-order valence-corrected chi connectivity index (χ1v) is 7.74. The van der Waals surface area contributed by atoms with Gasteiger partial charge in [-0.05, 0) is 36.5 Å². The molecule has 0 N–H and O–H groups in total. The van der Waals surface area contributed by atoms with Crippen molar-refractivity contribution in [3.05, 3.63) is 29.8 Å². The minimum Gasteiger partial charge on any atom is -0.372 e. The van der Waals surface area contributed by atoms with Gasteiger partial charge in [-0.3, -0.25) is 0 Å². The summed E-state index contributed by atoms with van der Waals surface area (Å²) >= 11 is 0. The first-order chi connectivity index (χ1) is 9.19. The molecule has 0 fully saturated rings. The molecule has 19 heavy (non-hydrogen) atoms. The second-order valence-electron chi connectivity index (χ2n) is 5.58. The molecule has 0 spiro atoms. The molecule has 0 aliphatic carbocycles. The van der Waals surface area contributed by atoms with Crippen LogP contribution in [0.4, 0.5) is 5.69 Å². The molecule has 0 aliphatic heterocycles. The van der Waals surface area contributed by atoms with Gasteiger partial charge in [0, 0.05) is 18.8 Å². The zero-order valence-electron chi connectivity index (χ0n) is 12.9. The molecule has 0 heterocycles. The van der Waals surface area contributed by atoms with E-state index >= 15 is 0 Å². The number of nitrogens with zero attached hydrogens (tertiary/aromatic N) is 1. The molecule has 1 rings (SSSR count). The number of hydrogen-bond acceptors (Lipinski definition) is 1. The van der Waals surface area contributed by atoms with Crippen molar-refractivity contribution in [2.45, 2.75) is 58.7 Å². The minimum atomic E-state index is 0.607. The Morgan fingerprint density at radius 3 is 2.16 bits per heavy atom. The van der Waals surface area contributed by atoms with E-state index in [0.29, 0.717) is 5.92 Å². The Labute approximate surface area is 120 Å². The zero-order chi connectivity index (χ0) is 14.1. The van der Waals surface area contributed by atoms with Crippen molar-refractivity contribution in [1.29, 1.82) is 0 Å². The van der Waals surface area contributed by atoms with E-state index in [9.17, 15) is 0 Å². The van der Waals surface area contributed by atoms with Gasteiger partial charge < -0.3 is 4.90 Å². The fourth-order valence-electron chi connectivity index (χ4n) is 2.24. The van der Waals surface area contributed by atoms with Crippen molar-refractivity contribution in [3.63, 3.8) is 0 Å². The summed E-state index contributed by atoms with van der Waals surface area (Å²) in [5, 5.41) is 0. The van der Waals surface area contributed by atoms with Crippen molar-refractivity contribution in [2.24, 2.45) is 0 Å². The fourth-order valence-corrected chi connectivity index (χ4v) is 2.24. The summed E-state index contributed by atoms with van der Waals surface area (Å²) in [7, 11) is 5.59. The third-order valence-corrected chi connectivity index (χ3v) is 3.59. The standard InChI is InChI=1S/C17H28BN/c1-4-5-13-19(14-7-6-12-18)17-10-8-16(9-11-17)15(2)3/h8-11,15H,4-7,12-14H2,1-3H3. The van der Waals surface area contributed by atoms with E-state index in [4.69, 9.17) is 7.85 Å². The van der Waals surface area contributed by atoms with Gasteiger partial charge in [0.2, 0.25) is 0 Å². The predicted octanol–water partition coefficient (Wildman–Crippen LogP) is 4.78. The molecule has 1 aromatic rings. The third kappa shape index (κ3) is 5.71. The first kappa shape index (κ1) is 16.1. The first-order valence-electron chi connectivity index (χ1n) is 7.74. The van der Waals surface area contributed by atoms with Crippen LogP contribution in [-0.2, 0) is 0 Å². The summed E-state index contributed by atoms with van der Waals surface area (Å²) in [6.45, 7) is 9.01. The smallest absolute Gasteiger partial charge is 0.0653 e. The summed E-state index contributed by atoms with van der Waals surface area (Å²) in [6.07, 6.45) is 5.61. The highest BCUT2D eigenvalue weighted by molar-refractivity contribution is 6.08. The SMILES string of the molecule is [B]CCCCN(CCCC)c1ccc(C(C)C)cc1.